The van der Waals surface area contributed by atoms with Gasteiger partial charge < -0.3 is 24.8 Å². The predicted octanol–water partition coefficient (Wildman–Crippen LogP) is 0.466. The van der Waals surface area contributed by atoms with Gasteiger partial charge in [-0.2, -0.15) is 23.6 Å². The first kappa shape index (κ1) is 24.1. The number of fused-ring (bicyclic) bond motifs is 2. The first-order valence-corrected chi connectivity index (χ1v) is 8.11. The van der Waals surface area contributed by atoms with Gasteiger partial charge in [0.15, 0.2) is 0 Å². The molecule has 0 aliphatic rings. The summed E-state index contributed by atoms with van der Waals surface area (Å²) < 4.78 is 0. The van der Waals surface area contributed by atoms with Crippen LogP contribution in [0, 0.1) is 0 Å². The van der Waals surface area contributed by atoms with Crippen molar-refractivity contribution in [3.8, 4) is 0 Å². The quantitative estimate of drug-likeness (QED) is 0.400. The van der Waals surface area contributed by atoms with Crippen LogP contribution in [0.15, 0.2) is 78.9 Å². The molecule has 4 aromatic carbocycles. The summed E-state index contributed by atoms with van der Waals surface area (Å²) in [5, 5.41) is 5.43. The Morgan fingerprint density at radius 1 is 0.800 bits per heavy atom. The van der Waals surface area contributed by atoms with Gasteiger partial charge in [-0.1, -0.05) is 31.9 Å². The molecule has 0 spiro atoms. The largest absolute Gasteiger partial charge is 4.00 e. The summed E-state index contributed by atoms with van der Waals surface area (Å²) in [4.78, 5) is 0. The molecule has 25 heavy (non-hydrogen) atoms. The summed E-state index contributed by atoms with van der Waals surface area (Å²) in [7, 11) is 0. The van der Waals surface area contributed by atoms with Crippen molar-refractivity contribution >= 4 is 21.5 Å². The predicted molar refractivity (Wildman–Crippen MR) is 97.7 cm³/mol. The summed E-state index contributed by atoms with van der Waals surface area (Å²) in [6.07, 6.45) is 3.81. The van der Waals surface area contributed by atoms with Gasteiger partial charge in [0.1, 0.15) is 0 Å². The van der Waals surface area contributed by atoms with Gasteiger partial charge in [-0.3, -0.25) is 0 Å². The van der Waals surface area contributed by atoms with E-state index in [-0.39, 0.29) is 51.0 Å². The van der Waals surface area contributed by atoms with Crippen LogP contribution in [-0.2, 0) is 32.6 Å². The molecule has 3 heteroatoms. The van der Waals surface area contributed by atoms with Crippen molar-refractivity contribution < 1.29 is 51.0 Å². The van der Waals surface area contributed by atoms with Crippen LogP contribution in [0.3, 0.4) is 0 Å². The van der Waals surface area contributed by atoms with Crippen molar-refractivity contribution in [3.63, 3.8) is 0 Å². The molecule has 128 valence electrons. The number of unbranched alkanes of at least 4 members (excludes halogenated alkanes) is 1. The van der Waals surface area contributed by atoms with E-state index >= 15 is 0 Å². The van der Waals surface area contributed by atoms with Gasteiger partial charge in [-0.05, 0) is 6.42 Å². The minimum atomic E-state index is 0. The van der Waals surface area contributed by atoms with E-state index < -0.39 is 0 Å². The molecule has 0 bridgehead atoms. The summed E-state index contributed by atoms with van der Waals surface area (Å²) in [6.45, 7) is 2.24. The molecule has 0 N–H and O–H groups in total. The number of hydrogen-bond donors (Lipinski definition) is 0. The van der Waals surface area contributed by atoms with E-state index in [1.165, 1.54) is 46.4 Å². The van der Waals surface area contributed by atoms with Gasteiger partial charge in [0.25, 0.3) is 0 Å². The second-order valence-corrected chi connectivity index (χ2v) is 5.75. The van der Waals surface area contributed by atoms with Crippen LogP contribution in [0.1, 0.15) is 25.3 Å². The normalized spacial score (nSPS) is 9.32. The second kappa shape index (κ2) is 12.5. The second-order valence-electron chi connectivity index (χ2n) is 5.75. The van der Waals surface area contributed by atoms with Gasteiger partial charge >= 0.3 is 26.2 Å². The summed E-state index contributed by atoms with van der Waals surface area (Å²) in [5.41, 5.74) is 1.49. The molecule has 4 rings (SSSR count). The van der Waals surface area contributed by atoms with Crippen LogP contribution >= 0.6 is 0 Å². The third-order valence-corrected chi connectivity index (χ3v) is 4.04. The molecule has 0 aliphatic carbocycles. The molecule has 0 fully saturated rings. The van der Waals surface area contributed by atoms with Crippen molar-refractivity contribution in [3.05, 3.63) is 84.4 Å². The molecule has 0 nitrogen and oxygen atoms in total. The Hall–Kier alpha value is -0.877. The fourth-order valence-corrected chi connectivity index (χ4v) is 2.81. The molecule has 0 aromatic heterocycles. The number of benzene rings is 2. The van der Waals surface area contributed by atoms with E-state index in [0.717, 1.165) is 0 Å². The Labute approximate surface area is 182 Å². The van der Waals surface area contributed by atoms with Crippen LogP contribution in [0.2, 0.25) is 0 Å². The molecule has 0 amide bonds. The first-order valence-electron chi connectivity index (χ1n) is 8.11. The Balaban J connectivity index is 0.000000430. The van der Waals surface area contributed by atoms with E-state index in [1.54, 1.807) is 0 Å². The molecule has 0 aliphatic heterocycles. The van der Waals surface area contributed by atoms with Crippen LogP contribution in [0.5, 0.6) is 0 Å². The maximum absolute atomic E-state index is 2.31. The zero-order valence-corrected chi connectivity index (χ0v) is 18.4. The number of aryl methyl sites for hydroxylation is 1. The third-order valence-electron chi connectivity index (χ3n) is 4.04. The van der Waals surface area contributed by atoms with Crippen molar-refractivity contribution in [1.82, 2.24) is 0 Å². The number of rotatable bonds is 3. The fourth-order valence-electron chi connectivity index (χ4n) is 2.81. The molecule has 4 aromatic rings. The third kappa shape index (κ3) is 6.74. The maximum atomic E-state index is 2.31. The Morgan fingerprint density at radius 2 is 1.44 bits per heavy atom. The van der Waals surface area contributed by atoms with Crippen LogP contribution in [-0.4, -0.2) is 0 Å². The molecular weight excluding hydrogens is 426 g/mol. The maximum Gasteiger partial charge on any atom is 4.00 e. The topological polar surface area (TPSA) is 0 Å². The van der Waals surface area contributed by atoms with Crippen LogP contribution in [0.25, 0.3) is 21.5 Å². The van der Waals surface area contributed by atoms with E-state index in [1.807, 2.05) is 0 Å². The van der Waals surface area contributed by atoms with Crippen molar-refractivity contribution in [1.29, 1.82) is 0 Å². The minimum absolute atomic E-state index is 0. The van der Waals surface area contributed by atoms with Crippen molar-refractivity contribution in [2.24, 2.45) is 0 Å². The van der Waals surface area contributed by atoms with Crippen molar-refractivity contribution in [2.75, 3.05) is 0 Å². The van der Waals surface area contributed by atoms with E-state index in [2.05, 4.69) is 85.8 Å². The molecule has 0 atom stereocenters. The van der Waals surface area contributed by atoms with E-state index in [4.69, 9.17) is 0 Å². The number of hydrogen-bond acceptors (Lipinski definition) is 0. The van der Waals surface area contributed by atoms with Crippen LogP contribution < -0.4 is 24.8 Å². The Kier molecular flexibility index (Phi) is 12.0. The smallest absolute Gasteiger partial charge is 1.00 e. The minimum Gasteiger partial charge on any atom is -1.00 e. The zero-order chi connectivity index (χ0) is 15.2. The van der Waals surface area contributed by atoms with Crippen LogP contribution in [0.4, 0.5) is 0 Å². The van der Waals surface area contributed by atoms with Crippen molar-refractivity contribution in [2.45, 2.75) is 26.2 Å². The molecule has 0 unspecified atom stereocenters. The SMILES string of the molecule is CCCCc1cc2ccccc2[cH-]1.[Cl-].[Cl-].[Zr+4].c1ccc2[cH-]ccc2c1. The first-order chi connectivity index (χ1) is 10.9. The van der Waals surface area contributed by atoms with Gasteiger partial charge in [-0.25, -0.2) is 0 Å². The average Bonchev–Trinajstić information content (AvgIpc) is 3.19. The standard InChI is InChI=1S/C13H15.C9H7.2ClH.Zr/c1-2-3-6-11-9-12-7-4-5-8-13(12)10-11;1-2-5-9-7-3-6-8(9)4-1;;;/h4-5,7-10H,2-3,6H2,1H3;1-7H;2*1H;/q2*-1;;;+4/p-2. The Morgan fingerprint density at radius 3 is 2.08 bits per heavy atom. The summed E-state index contributed by atoms with van der Waals surface area (Å²) >= 11 is 0. The molecule has 0 heterocycles. The van der Waals surface area contributed by atoms with E-state index in [9.17, 15) is 0 Å². The van der Waals surface area contributed by atoms with Gasteiger partial charge in [0.05, 0.1) is 0 Å². The molecule has 0 saturated heterocycles. The molecular formula is C22H22Cl2Zr. The van der Waals surface area contributed by atoms with E-state index in [0.29, 0.717) is 0 Å². The molecule has 0 saturated carbocycles. The zero-order valence-electron chi connectivity index (χ0n) is 14.4. The molecule has 0 radical (unpaired) electrons. The summed E-state index contributed by atoms with van der Waals surface area (Å²) in [5.74, 6) is 0. The van der Waals surface area contributed by atoms with Gasteiger partial charge in [0.2, 0.25) is 0 Å². The van der Waals surface area contributed by atoms with Gasteiger partial charge in [-0.15, -0.1) is 70.3 Å². The van der Waals surface area contributed by atoms with Gasteiger partial charge in [0, 0.05) is 0 Å². The number of halogens is 2. The Bertz CT molecular complexity index is 782. The summed E-state index contributed by atoms with van der Waals surface area (Å²) in [6, 6.07) is 27.9. The monoisotopic (exact) mass is 446 g/mol. The average molecular weight is 449 g/mol. The fraction of sp³-hybridized carbons (Fsp3) is 0.182.